The molecule has 1 aromatic heterocycles. The van der Waals surface area contributed by atoms with Crippen molar-refractivity contribution in [2.24, 2.45) is 0 Å². The van der Waals surface area contributed by atoms with Crippen LogP contribution >= 0.6 is 23.2 Å². The molecule has 4 nitrogen and oxygen atoms in total. The molecule has 0 fully saturated rings. The minimum atomic E-state index is -0.352. The fourth-order valence-corrected chi connectivity index (χ4v) is 3.57. The normalized spacial score (nSPS) is 11.0. The molecule has 0 amide bonds. The Morgan fingerprint density at radius 1 is 1.11 bits per heavy atom. The number of hydrogen-bond acceptors (Lipinski definition) is 3. The van der Waals surface area contributed by atoms with Gasteiger partial charge in [0.05, 0.1) is 13.2 Å². The molecular weight excluding hydrogens is 397 g/mol. The van der Waals surface area contributed by atoms with E-state index < -0.39 is 0 Å². The molecule has 0 atom stereocenters. The third-order valence-corrected chi connectivity index (χ3v) is 5.43. The van der Waals surface area contributed by atoms with Gasteiger partial charge in [-0.1, -0.05) is 29.3 Å². The van der Waals surface area contributed by atoms with E-state index in [9.17, 15) is 4.79 Å². The maximum atomic E-state index is 12.4. The maximum absolute atomic E-state index is 12.4. The predicted octanol–water partition coefficient (Wildman–Crippen LogP) is 6.28. The van der Waals surface area contributed by atoms with Crippen LogP contribution in [-0.2, 0) is 11.2 Å². The van der Waals surface area contributed by atoms with Crippen molar-refractivity contribution < 1.29 is 14.3 Å². The van der Waals surface area contributed by atoms with Crippen molar-refractivity contribution in [2.75, 3.05) is 13.2 Å². The Hall–Kier alpha value is -2.17. The topological polar surface area (TPSA) is 51.3 Å². The minimum absolute atomic E-state index is 0.326. The summed E-state index contributed by atoms with van der Waals surface area (Å²) in [5.74, 6) is 0.449. The summed E-state index contributed by atoms with van der Waals surface area (Å²) in [6, 6.07) is 9.45. The SMILES string of the molecule is CCOC(=O)c1[nH]c2cc(Cl)ccc2c1CCCOc1cc(C)c(Cl)c(C)c1. The molecule has 0 saturated heterocycles. The van der Waals surface area contributed by atoms with Gasteiger partial charge in [-0.3, -0.25) is 0 Å². The summed E-state index contributed by atoms with van der Waals surface area (Å²) in [6.07, 6.45) is 1.43. The summed E-state index contributed by atoms with van der Waals surface area (Å²) in [5, 5.41) is 2.36. The van der Waals surface area contributed by atoms with Crippen LogP contribution in [0.5, 0.6) is 5.75 Å². The Morgan fingerprint density at radius 3 is 2.50 bits per heavy atom. The van der Waals surface area contributed by atoms with Gasteiger partial charge in [0.15, 0.2) is 0 Å². The monoisotopic (exact) mass is 419 g/mol. The minimum Gasteiger partial charge on any atom is -0.494 e. The molecule has 0 bridgehead atoms. The summed E-state index contributed by atoms with van der Waals surface area (Å²) in [6.45, 7) is 6.58. The zero-order chi connectivity index (χ0) is 20.3. The van der Waals surface area contributed by atoms with Crippen LogP contribution in [0, 0.1) is 13.8 Å². The van der Waals surface area contributed by atoms with Gasteiger partial charge in [-0.25, -0.2) is 4.79 Å². The molecule has 0 radical (unpaired) electrons. The number of ether oxygens (including phenoxy) is 2. The summed E-state index contributed by atoms with van der Waals surface area (Å²) in [7, 11) is 0. The largest absolute Gasteiger partial charge is 0.494 e. The predicted molar refractivity (Wildman–Crippen MR) is 114 cm³/mol. The van der Waals surface area contributed by atoms with E-state index in [1.165, 1.54) is 0 Å². The average Bonchev–Trinajstić information content (AvgIpc) is 3.01. The Bertz CT molecular complexity index is 987. The highest BCUT2D eigenvalue weighted by Crippen LogP contribution is 2.28. The quantitative estimate of drug-likeness (QED) is 0.362. The molecule has 0 unspecified atom stereocenters. The van der Waals surface area contributed by atoms with Gasteiger partial charge in [-0.05, 0) is 74.6 Å². The summed E-state index contributed by atoms with van der Waals surface area (Å²) >= 11 is 12.3. The molecular formula is C22H23Cl2NO3. The van der Waals surface area contributed by atoms with Crippen LogP contribution < -0.4 is 4.74 Å². The molecule has 2 aromatic carbocycles. The molecule has 3 aromatic rings. The van der Waals surface area contributed by atoms with Crippen LogP contribution in [0.3, 0.4) is 0 Å². The lowest BCUT2D eigenvalue weighted by molar-refractivity contribution is 0.0519. The smallest absolute Gasteiger partial charge is 0.355 e. The molecule has 6 heteroatoms. The van der Waals surface area contributed by atoms with Crippen LogP contribution in [0.4, 0.5) is 0 Å². The van der Waals surface area contributed by atoms with Crippen LogP contribution in [0.15, 0.2) is 30.3 Å². The summed E-state index contributed by atoms with van der Waals surface area (Å²) in [5.41, 5.74) is 4.23. The first-order chi connectivity index (χ1) is 13.4. The number of nitrogens with one attached hydrogen (secondary N) is 1. The van der Waals surface area contributed by atoms with Gasteiger partial charge < -0.3 is 14.5 Å². The van der Waals surface area contributed by atoms with Crippen molar-refractivity contribution in [1.29, 1.82) is 0 Å². The van der Waals surface area contributed by atoms with Crippen molar-refractivity contribution in [3.63, 3.8) is 0 Å². The molecule has 0 aliphatic carbocycles. The van der Waals surface area contributed by atoms with E-state index in [0.717, 1.165) is 44.8 Å². The highest BCUT2D eigenvalue weighted by atomic mass is 35.5. The fourth-order valence-electron chi connectivity index (χ4n) is 3.29. The summed E-state index contributed by atoms with van der Waals surface area (Å²) in [4.78, 5) is 15.5. The number of aromatic amines is 1. The summed E-state index contributed by atoms with van der Waals surface area (Å²) < 4.78 is 11.1. The Morgan fingerprint density at radius 2 is 1.82 bits per heavy atom. The number of aryl methyl sites for hydroxylation is 3. The van der Waals surface area contributed by atoms with E-state index in [1.807, 2.05) is 44.2 Å². The first-order valence-electron chi connectivity index (χ1n) is 9.27. The Balaban J connectivity index is 1.74. The molecule has 1 N–H and O–H groups in total. The average molecular weight is 420 g/mol. The third kappa shape index (κ3) is 4.45. The second-order valence-electron chi connectivity index (χ2n) is 6.71. The molecule has 0 aliphatic heterocycles. The number of esters is 1. The van der Waals surface area contributed by atoms with Gasteiger partial charge in [-0.15, -0.1) is 0 Å². The highest BCUT2D eigenvalue weighted by molar-refractivity contribution is 6.32. The van der Waals surface area contributed by atoms with Gasteiger partial charge in [0, 0.05) is 20.9 Å². The van der Waals surface area contributed by atoms with E-state index in [2.05, 4.69) is 4.98 Å². The van der Waals surface area contributed by atoms with Crippen molar-refractivity contribution >= 4 is 40.1 Å². The molecule has 1 heterocycles. The van der Waals surface area contributed by atoms with Crippen molar-refractivity contribution in [1.82, 2.24) is 4.98 Å². The lowest BCUT2D eigenvalue weighted by atomic mass is 10.1. The van der Waals surface area contributed by atoms with Crippen LogP contribution in [0.2, 0.25) is 10.0 Å². The Labute approximate surface area is 174 Å². The van der Waals surface area contributed by atoms with Gasteiger partial charge >= 0.3 is 5.97 Å². The van der Waals surface area contributed by atoms with Gasteiger partial charge in [0.2, 0.25) is 0 Å². The number of halogens is 2. The lowest BCUT2D eigenvalue weighted by Gasteiger charge is -2.10. The Kier molecular flexibility index (Phi) is 6.53. The number of hydrogen-bond donors (Lipinski definition) is 1. The van der Waals surface area contributed by atoms with E-state index in [1.54, 1.807) is 6.92 Å². The third-order valence-electron chi connectivity index (χ3n) is 4.60. The second kappa shape index (κ2) is 8.89. The van der Waals surface area contributed by atoms with Gasteiger partial charge in [-0.2, -0.15) is 0 Å². The van der Waals surface area contributed by atoms with Crippen molar-refractivity contribution in [3.05, 3.63) is 62.8 Å². The van der Waals surface area contributed by atoms with Crippen LogP contribution in [-0.4, -0.2) is 24.2 Å². The zero-order valence-electron chi connectivity index (χ0n) is 16.2. The van der Waals surface area contributed by atoms with Gasteiger partial charge in [0.1, 0.15) is 11.4 Å². The number of benzene rings is 2. The van der Waals surface area contributed by atoms with Gasteiger partial charge in [0.25, 0.3) is 0 Å². The molecule has 0 aliphatic rings. The zero-order valence-corrected chi connectivity index (χ0v) is 17.7. The first-order valence-corrected chi connectivity index (χ1v) is 10.0. The number of carbonyl (C=O) groups excluding carboxylic acids is 1. The van der Waals surface area contributed by atoms with E-state index >= 15 is 0 Å². The van der Waals surface area contributed by atoms with Crippen molar-refractivity contribution in [2.45, 2.75) is 33.6 Å². The second-order valence-corrected chi connectivity index (χ2v) is 7.53. The molecule has 3 rings (SSSR count). The van der Waals surface area contributed by atoms with E-state index in [4.69, 9.17) is 32.7 Å². The molecule has 28 heavy (non-hydrogen) atoms. The number of carbonyl (C=O) groups is 1. The number of H-pyrrole nitrogens is 1. The number of aromatic nitrogens is 1. The first kappa shape index (κ1) is 20.6. The van der Waals surface area contributed by atoms with E-state index in [0.29, 0.717) is 30.4 Å². The standard InChI is InChI=1S/C22H23Cl2NO3/c1-4-27-22(26)21-18(17-8-7-15(23)12-19(17)25-21)6-5-9-28-16-10-13(2)20(24)14(3)11-16/h7-8,10-12,25H,4-6,9H2,1-3H3. The molecule has 0 spiro atoms. The lowest BCUT2D eigenvalue weighted by Crippen LogP contribution is -2.09. The van der Waals surface area contributed by atoms with Crippen LogP contribution in [0.25, 0.3) is 10.9 Å². The van der Waals surface area contributed by atoms with Crippen LogP contribution in [0.1, 0.15) is 40.5 Å². The molecule has 148 valence electrons. The maximum Gasteiger partial charge on any atom is 0.355 e. The van der Waals surface area contributed by atoms with E-state index in [-0.39, 0.29) is 5.97 Å². The molecule has 0 saturated carbocycles. The fraction of sp³-hybridized carbons (Fsp3) is 0.318. The highest BCUT2D eigenvalue weighted by Gasteiger charge is 2.18. The van der Waals surface area contributed by atoms with Crippen molar-refractivity contribution in [3.8, 4) is 5.75 Å². The number of rotatable bonds is 7. The number of fused-ring (bicyclic) bond motifs is 1.